The molecule has 25 heavy (non-hydrogen) atoms. The van der Waals surface area contributed by atoms with Gasteiger partial charge in [0.1, 0.15) is 5.82 Å². The number of aryl methyl sites for hydroxylation is 1. The van der Waals surface area contributed by atoms with E-state index in [0.717, 1.165) is 37.7 Å². The zero-order valence-electron chi connectivity index (χ0n) is 14.5. The van der Waals surface area contributed by atoms with Gasteiger partial charge < -0.3 is 20.1 Å². The monoisotopic (exact) mass is 457 g/mol. The molecular formula is C16H24IN7O. The Hall–Kier alpha value is -1.91. The van der Waals surface area contributed by atoms with Gasteiger partial charge in [0.05, 0.1) is 6.54 Å². The van der Waals surface area contributed by atoms with E-state index in [0.29, 0.717) is 24.3 Å². The number of anilines is 1. The predicted molar refractivity (Wildman–Crippen MR) is 107 cm³/mol. The largest absolute Gasteiger partial charge is 0.356 e. The Kier molecular flexibility index (Phi) is 7.41. The molecule has 1 fully saturated rings. The molecule has 1 aliphatic heterocycles. The highest BCUT2D eigenvalue weighted by Crippen LogP contribution is 2.17. The average Bonchev–Trinajstić information content (AvgIpc) is 3.05. The van der Waals surface area contributed by atoms with Gasteiger partial charge in [-0.3, -0.25) is 4.99 Å². The number of nitrogens with one attached hydrogen (secondary N) is 2. The SMILES string of the molecule is CN=C(NCc1noc(C)n1)NC1CCN(c2ccccn2)CC1.I. The lowest BCUT2D eigenvalue weighted by atomic mass is 10.1. The minimum absolute atomic E-state index is 0. The van der Waals surface area contributed by atoms with Crippen molar-refractivity contribution >= 4 is 35.8 Å². The van der Waals surface area contributed by atoms with Crippen LogP contribution in [0.2, 0.25) is 0 Å². The molecule has 0 radical (unpaired) electrons. The highest BCUT2D eigenvalue weighted by atomic mass is 127. The number of pyridine rings is 1. The van der Waals surface area contributed by atoms with Crippen LogP contribution in [0.3, 0.4) is 0 Å². The number of halogens is 1. The molecule has 8 nitrogen and oxygen atoms in total. The van der Waals surface area contributed by atoms with Gasteiger partial charge in [0.2, 0.25) is 5.89 Å². The number of aromatic nitrogens is 3. The van der Waals surface area contributed by atoms with E-state index >= 15 is 0 Å². The molecule has 0 aliphatic carbocycles. The molecule has 0 unspecified atom stereocenters. The number of aliphatic imine (C=N–C) groups is 1. The Labute approximate surface area is 164 Å². The van der Waals surface area contributed by atoms with Crippen LogP contribution < -0.4 is 15.5 Å². The first-order chi connectivity index (χ1) is 11.7. The summed E-state index contributed by atoms with van der Waals surface area (Å²) in [4.78, 5) is 15.2. The molecule has 136 valence electrons. The van der Waals surface area contributed by atoms with Crippen LogP contribution in [0, 0.1) is 6.92 Å². The molecule has 0 saturated carbocycles. The van der Waals surface area contributed by atoms with Crippen molar-refractivity contribution in [2.24, 2.45) is 4.99 Å². The second kappa shape index (κ2) is 9.54. The molecule has 1 saturated heterocycles. The fourth-order valence-electron chi connectivity index (χ4n) is 2.76. The third kappa shape index (κ3) is 5.55. The Balaban J connectivity index is 0.00000225. The molecule has 0 bridgehead atoms. The van der Waals surface area contributed by atoms with E-state index in [1.165, 1.54) is 0 Å². The highest BCUT2D eigenvalue weighted by Gasteiger charge is 2.20. The number of hydrogen-bond acceptors (Lipinski definition) is 6. The van der Waals surface area contributed by atoms with Crippen molar-refractivity contribution in [3.63, 3.8) is 0 Å². The zero-order valence-corrected chi connectivity index (χ0v) is 16.8. The molecule has 0 spiro atoms. The molecule has 0 aromatic carbocycles. The molecule has 0 atom stereocenters. The van der Waals surface area contributed by atoms with Crippen LogP contribution in [-0.2, 0) is 6.54 Å². The molecule has 3 heterocycles. The van der Waals surface area contributed by atoms with E-state index in [2.05, 4.69) is 41.7 Å². The maximum atomic E-state index is 4.96. The summed E-state index contributed by atoms with van der Waals surface area (Å²) in [5.74, 6) is 3.00. The van der Waals surface area contributed by atoms with Crippen LogP contribution in [0.5, 0.6) is 0 Å². The Bertz CT molecular complexity index is 668. The van der Waals surface area contributed by atoms with E-state index in [1.54, 1.807) is 14.0 Å². The van der Waals surface area contributed by atoms with Gasteiger partial charge in [0.25, 0.3) is 0 Å². The minimum Gasteiger partial charge on any atom is -0.356 e. The second-order valence-electron chi connectivity index (χ2n) is 5.75. The second-order valence-corrected chi connectivity index (χ2v) is 5.75. The number of nitrogens with zero attached hydrogens (tertiary/aromatic N) is 5. The summed E-state index contributed by atoms with van der Waals surface area (Å²) in [7, 11) is 1.76. The van der Waals surface area contributed by atoms with Gasteiger partial charge in [-0.2, -0.15) is 4.98 Å². The average molecular weight is 457 g/mol. The molecule has 3 rings (SSSR count). The topological polar surface area (TPSA) is 91.5 Å². The van der Waals surface area contributed by atoms with Crippen LogP contribution in [-0.4, -0.2) is 47.3 Å². The van der Waals surface area contributed by atoms with Crippen molar-refractivity contribution in [3.05, 3.63) is 36.1 Å². The maximum absolute atomic E-state index is 4.96. The van der Waals surface area contributed by atoms with Gasteiger partial charge in [-0.05, 0) is 25.0 Å². The summed E-state index contributed by atoms with van der Waals surface area (Å²) < 4.78 is 4.96. The first-order valence-corrected chi connectivity index (χ1v) is 8.17. The van der Waals surface area contributed by atoms with Gasteiger partial charge in [-0.1, -0.05) is 11.2 Å². The van der Waals surface area contributed by atoms with Crippen LogP contribution in [0.4, 0.5) is 5.82 Å². The number of piperidine rings is 1. The minimum atomic E-state index is 0. The van der Waals surface area contributed by atoms with E-state index in [1.807, 2.05) is 18.3 Å². The highest BCUT2D eigenvalue weighted by molar-refractivity contribution is 14.0. The number of hydrogen-bond donors (Lipinski definition) is 2. The molecule has 2 aromatic heterocycles. The van der Waals surface area contributed by atoms with E-state index < -0.39 is 0 Å². The zero-order chi connectivity index (χ0) is 16.8. The van der Waals surface area contributed by atoms with Gasteiger partial charge in [0, 0.05) is 39.3 Å². The summed E-state index contributed by atoms with van der Waals surface area (Å²) >= 11 is 0. The first-order valence-electron chi connectivity index (χ1n) is 8.17. The van der Waals surface area contributed by atoms with Gasteiger partial charge in [-0.15, -0.1) is 24.0 Å². The third-order valence-corrected chi connectivity index (χ3v) is 4.02. The normalized spacial score (nSPS) is 15.6. The lowest BCUT2D eigenvalue weighted by Gasteiger charge is -2.33. The summed E-state index contributed by atoms with van der Waals surface area (Å²) in [6.45, 7) is 4.23. The van der Waals surface area contributed by atoms with Crippen LogP contribution >= 0.6 is 24.0 Å². The van der Waals surface area contributed by atoms with Crippen molar-refractivity contribution in [2.75, 3.05) is 25.0 Å². The molecule has 2 N–H and O–H groups in total. The molecule has 1 aliphatic rings. The quantitative estimate of drug-likeness (QED) is 0.411. The summed E-state index contributed by atoms with van der Waals surface area (Å²) in [5, 5.41) is 10.5. The number of rotatable bonds is 4. The predicted octanol–water partition coefficient (Wildman–Crippen LogP) is 1.73. The Morgan fingerprint density at radius 1 is 1.36 bits per heavy atom. The molecule has 2 aromatic rings. The van der Waals surface area contributed by atoms with E-state index in [4.69, 9.17) is 4.52 Å². The van der Waals surface area contributed by atoms with Crippen LogP contribution in [0.15, 0.2) is 33.9 Å². The fourth-order valence-corrected chi connectivity index (χ4v) is 2.76. The standard InChI is InChI=1S/C16H23N7O.HI/c1-12-20-14(22-24-12)11-19-16(17-2)21-13-6-9-23(10-7-13)15-5-3-4-8-18-15;/h3-5,8,13H,6-7,9-11H2,1-2H3,(H2,17,19,21);1H. The van der Waals surface area contributed by atoms with Crippen molar-refractivity contribution in [1.82, 2.24) is 25.8 Å². The Morgan fingerprint density at radius 3 is 2.76 bits per heavy atom. The van der Waals surface area contributed by atoms with E-state index in [9.17, 15) is 0 Å². The molecular weight excluding hydrogens is 433 g/mol. The van der Waals surface area contributed by atoms with Crippen LogP contribution in [0.25, 0.3) is 0 Å². The van der Waals surface area contributed by atoms with Gasteiger partial charge >= 0.3 is 0 Å². The maximum Gasteiger partial charge on any atom is 0.223 e. The Morgan fingerprint density at radius 2 is 2.16 bits per heavy atom. The molecule has 0 amide bonds. The third-order valence-electron chi connectivity index (χ3n) is 4.02. The van der Waals surface area contributed by atoms with Crippen molar-refractivity contribution in [3.8, 4) is 0 Å². The summed E-state index contributed by atoms with van der Waals surface area (Å²) in [5.41, 5.74) is 0. The summed E-state index contributed by atoms with van der Waals surface area (Å²) in [6, 6.07) is 6.42. The van der Waals surface area contributed by atoms with Crippen LogP contribution in [0.1, 0.15) is 24.6 Å². The van der Waals surface area contributed by atoms with Gasteiger partial charge in [0.15, 0.2) is 11.8 Å². The lowest BCUT2D eigenvalue weighted by Crippen LogP contribution is -2.48. The summed E-state index contributed by atoms with van der Waals surface area (Å²) in [6.07, 6.45) is 3.92. The van der Waals surface area contributed by atoms with Crippen molar-refractivity contribution < 1.29 is 4.52 Å². The van der Waals surface area contributed by atoms with Gasteiger partial charge in [-0.25, -0.2) is 4.98 Å². The number of guanidine groups is 1. The van der Waals surface area contributed by atoms with E-state index in [-0.39, 0.29) is 24.0 Å². The first kappa shape index (κ1) is 19.4. The van der Waals surface area contributed by atoms with Crippen molar-refractivity contribution in [1.29, 1.82) is 0 Å². The van der Waals surface area contributed by atoms with Crippen molar-refractivity contribution in [2.45, 2.75) is 32.4 Å². The lowest BCUT2D eigenvalue weighted by molar-refractivity contribution is 0.386. The molecule has 9 heteroatoms. The fraction of sp³-hybridized carbons (Fsp3) is 0.500. The smallest absolute Gasteiger partial charge is 0.223 e.